The maximum Gasteiger partial charge on any atom is 0.238 e. The molecule has 0 bridgehead atoms. The Kier molecular flexibility index (Phi) is 5.60. The van der Waals surface area contributed by atoms with Crippen molar-refractivity contribution in [2.24, 2.45) is 5.92 Å². The van der Waals surface area contributed by atoms with E-state index in [-0.39, 0.29) is 18.0 Å². The van der Waals surface area contributed by atoms with Crippen LogP contribution in [-0.2, 0) is 14.3 Å². The summed E-state index contributed by atoms with van der Waals surface area (Å²) in [5.74, 6) is 0.251. The van der Waals surface area contributed by atoms with Crippen molar-refractivity contribution in [2.75, 3.05) is 38.2 Å². The van der Waals surface area contributed by atoms with E-state index >= 15 is 0 Å². The molecule has 6 nitrogen and oxygen atoms in total. The second-order valence-corrected chi connectivity index (χ2v) is 6.43. The third-order valence-corrected chi connectivity index (χ3v) is 4.49. The molecule has 2 aliphatic rings. The van der Waals surface area contributed by atoms with Crippen molar-refractivity contribution in [1.29, 1.82) is 0 Å². The Balaban J connectivity index is 1.52. The largest absolute Gasteiger partial charge is 0.350 e. The molecule has 2 heterocycles. The number of ether oxygens (including phenoxy) is 2. The summed E-state index contributed by atoms with van der Waals surface area (Å²) >= 11 is 0. The number of carbonyl (C=O) groups excluding carboxylic acids is 2. The number of anilines is 1. The first-order valence-corrected chi connectivity index (χ1v) is 8.48. The fourth-order valence-corrected chi connectivity index (χ4v) is 3.33. The number of carbonyl (C=O) groups is 2. The lowest BCUT2D eigenvalue weighted by Gasteiger charge is -2.34. The van der Waals surface area contributed by atoms with E-state index in [9.17, 15) is 9.59 Å². The van der Waals surface area contributed by atoms with E-state index in [1.54, 1.807) is 24.3 Å². The van der Waals surface area contributed by atoms with E-state index in [0.717, 1.165) is 25.9 Å². The topological polar surface area (TPSA) is 67.9 Å². The highest BCUT2D eigenvalue weighted by Gasteiger charge is 2.31. The first-order valence-electron chi connectivity index (χ1n) is 8.48. The molecule has 0 radical (unpaired) electrons. The smallest absolute Gasteiger partial charge is 0.238 e. The van der Waals surface area contributed by atoms with Gasteiger partial charge in [-0.05, 0) is 38.4 Å². The van der Waals surface area contributed by atoms with Crippen LogP contribution in [-0.4, -0.2) is 55.7 Å². The van der Waals surface area contributed by atoms with Crippen LogP contribution in [0.1, 0.15) is 30.1 Å². The highest BCUT2D eigenvalue weighted by Crippen LogP contribution is 2.24. The first-order chi connectivity index (χ1) is 11.6. The SMILES string of the molecule is CC(=O)c1cccc(NC(=O)CN2CCC[C@@H](C3OCCO3)C2)c1. The van der Waals surface area contributed by atoms with Gasteiger partial charge in [-0.15, -0.1) is 0 Å². The summed E-state index contributed by atoms with van der Waals surface area (Å²) in [5, 5.41) is 2.87. The van der Waals surface area contributed by atoms with E-state index < -0.39 is 0 Å². The lowest BCUT2D eigenvalue weighted by molar-refractivity contribution is -0.121. The zero-order valence-electron chi connectivity index (χ0n) is 14.0. The van der Waals surface area contributed by atoms with Gasteiger partial charge in [0.1, 0.15) is 0 Å². The monoisotopic (exact) mass is 332 g/mol. The predicted molar refractivity (Wildman–Crippen MR) is 89.9 cm³/mol. The molecular formula is C18H24N2O4. The number of piperidine rings is 1. The third kappa shape index (κ3) is 4.41. The first kappa shape index (κ1) is 17.1. The zero-order chi connectivity index (χ0) is 16.9. The highest BCUT2D eigenvalue weighted by molar-refractivity contribution is 5.97. The molecule has 130 valence electrons. The van der Waals surface area contributed by atoms with Crippen molar-refractivity contribution < 1.29 is 19.1 Å². The maximum atomic E-state index is 12.3. The van der Waals surface area contributed by atoms with Crippen molar-refractivity contribution in [3.8, 4) is 0 Å². The number of likely N-dealkylation sites (tertiary alicyclic amines) is 1. The number of hydrogen-bond donors (Lipinski definition) is 1. The molecule has 1 atom stereocenters. The molecule has 0 saturated carbocycles. The van der Waals surface area contributed by atoms with Gasteiger partial charge in [0.25, 0.3) is 0 Å². The van der Waals surface area contributed by atoms with Crippen LogP contribution in [0.4, 0.5) is 5.69 Å². The van der Waals surface area contributed by atoms with E-state index in [1.807, 2.05) is 0 Å². The highest BCUT2D eigenvalue weighted by atomic mass is 16.7. The molecule has 2 fully saturated rings. The Morgan fingerprint density at radius 2 is 2.08 bits per heavy atom. The van der Waals surface area contributed by atoms with Crippen LogP contribution in [0, 0.1) is 5.92 Å². The van der Waals surface area contributed by atoms with Gasteiger partial charge in [0.05, 0.1) is 19.8 Å². The standard InChI is InChI=1S/C18H24N2O4/c1-13(21)14-4-2-6-16(10-14)19-17(22)12-20-7-3-5-15(11-20)18-23-8-9-24-18/h2,4,6,10,15,18H,3,5,7-9,11-12H2,1H3,(H,19,22)/t15-/m1/s1. The van der Waals surface area contributed by atoms with E-state index in [0.29, 0.717) is 36.9 Å². The molecule has 3 rings (SSSR count). The van der Waals surface area contributed by atoms with Gasteiger partial charge in [-0.1, -0.05) is 12.1 Å². The molecule has 24 heavy (non-hydrogen) atoms. The van der Waals surface area contributed by atoms with Crippen LogP contribution in [0.15, 0.2) is 24.3 Å². The summed E-state index contributed by atoms with van der Waals surface area (Å²) in [6.07, 6.45) is 1.99. The van der Waals surface area contributed by atoms with Crippen LogP contribution >= 0.6 is 0 Å². The fraction of sp³-hybridized carbons (Fsp3) is 0.556. The normalized spacial score (nSPS) is 22.5. The van der Waals surface area contributed by atoms with Crippen molar-refractivity contribution >= 4 is 17.4 Å². The van der Waals surface area contributed by atoms with Crippen molar-refractivity contribution in [1.82, 2.24) is 4.90 Å². The molecular weight excluding hydrogens is 308 g/mol. The molecule has 2 aliphatic heterocycles. The predicted octanol–water partition coefficient (Wildman–Crippen LogP) is 1.91. The van der Waals surface area contributed by atoms with Gasteiger partial charge < -0.3 is 14.8 Å². The van der Waals surface area contributed by atoms with Gasteiger partial charge in [0.2, 0.25) is 5.91 Å². The van der Waals surface area contributed by atoms with Gasteiger partial charge in [-0.2, -0.15) is 0 Å². The Morgan fingerprint density at radius 3 is 2.83 bits per heavy atom. The van der Waals surface area contributed by atoms with Gasteiger partial charge in [0, 0.05) is 23.7 Å². The van der Waals surface area contributed by atoms with Gasteiger partial charge in [-0.25, -0.2) is 0 Å². The summed E-state index contributed by atoms with van der Waals surface area (Å²) in [4.78, 5) is 25.8. The second kappa shape index (κ2) is 7.88. The molecule has 6 heteroatoms. The Labute approximate surface area is 142 Å². The maximum absolute atomic E-state index is 12.3. The average molecular weight is 332 g/mol. The molecule has 1 amide bonds. The number of Topliss-reactive ketones (excluding diaryl/α,β-unsaturated/α-hetero) is 1. The van der Waals surface area contributed by atoms with Crippen LogP contribution < -0.4 is 5.32 Å². The van der Waals surface area contributed by atoms with Crippen LogP contribution in [0.5, 0.6) is 0 Å². The summed E-state index contributed by atoms with van der Waals surface area (Å²) < 4.78 is 11.2. The molecule has 0 aromatic heterocycles. The number of hydrogen-bond acceptors (Lipinski definition) is 5. The molecule has 0 spiro atoms. The molecule has 1 N–H and O–H groups in total. The quantitative estimate of drug-likeness (QED) is 0.834. The van der Waals surface area contributed by atoms with Crippen LogP contribution in [0.25, 0.3) is 0 Å². The van der Waals surface area contributed by atoms with Gasteiger partial charge in [0.15, 0.2) is 12.1 Å². The number of rotatable bonds is 5. The molecule has 1 aromatic rings. The fourth-order valence-electron chi connectivity index (χ4n) is 3.33. The summed E-state index contributed by atoms with van der Waals surface area (Å²) in [5.41, 5.74) is 1.25. The van der Waals surface area contributed by atoms with Gasteiger partial charge >= 0.3 is 0 Å². The van der Waals surface area contributed by atoms with Crippen molar-refractivity contribution in [3.05, 3.63) is 29.8 Å². The van der Waals surface area contributed by atoms with Crippen molar-refractivity contribution in [2.45, 2.75) is 26.1 Å². The Bertz CT molecular complexity index is 598. The van der Waals surface area contributed by atoms with Crippen LogP contribution in [0.3, 0.4) is 0 Å². The summed E-state index contributed by atoms with van der Waals surface area (Å²) in [7, 11) is 0. The lowest BCUT2D eigenvalue weighted by Crippen LogP contribution is -2.44. The van der Waals surface area contributed by atoms with E-state index in [4.69, 9.17) is 9.47 Å². The lowest BCUT2D eigenvalue weighted by atomic mass is 9.97. The minimum absolute atomic E-state index is 0.0125. The van der Waals surface area contributed by atoms with E-state index in [1.165, 1.54) is 6.92 Å². The number of ketones is 1. The van der Waals surface area contributed by atoms with Crippen molar-refractivity contribution in [3.63, 3.8) is 0 Å². The average Bonchev–Trinajstić information content (AvgIpc) is 3.09. The number of nitrogens with one attached hydrogen (secondary N) is 1. The minimum Gasteiger partial charge on any atom is -0.350 e. The summed E-state index contributed by atoms with van der Waals surface area (Å²) in [6.45, 7) is 4.90. The Hall–Kier alpha value is -1.76. The van der Waals surface area contributed by atoms with E-state index in [2.05, 4.69) is 10.2 Å². The van der Waals surface area contributed by atoms with Gasteiger partial charge in [-0.3, -0.25) is 14.5 Å². The molecule has 0 unspecified atom stereocenters. The molecule has 1 aromatic carbocycles. The number of benzene rings is 1. The zero-order valence-corrected chi connectivity index (χ0v) is 14.0. The second-order valence-electron chi connectivity index (χ2n) is 6.43. The molecule has 2 saturated heterocycles. The number of nitrogens with zero attached hydrogens (tertiary/aromatic N) is 1. The number of amides is 1. The summed E-state index contributed by atoms with van der Waals surface area (Å²) in [6, 6.07) is 7.02. The van der Waals surface area contributed by atoms with Crippen LogP contribution in [0.2, 0.25) is 0 Å². The third-order valence-electron chi connectivity index (χ3n) is 4.49. The molecule has 0 aliphatic carbocycles. The minimum atomic E-state index is -0.122. The Morgan fingerprint density at radius 1 is 1.29 bits per heavy atom.